The zero-order valence-electron chi connectivity index (χ0n) is 33.7. The maximum absolute atomic E-state index is 12.6. The van der Waals surface area contributed by atoms with E-state index in [0.29, 0.717) is 12.8 Å². The third-order valence-corrected chi connectivity index (χ3v) is 9.45. The molecular formula is C43H75O10P. The van der Waals surface area contributed by atoms with E-state index in [-0.39, 0.29) is 19.4 Å². The fraction of sp³-hybridized carbons (Fsp3) is 0.721. The van der Waals surface area contributed by atoms with Gasteiger partial charge in [0.15, 0.2) is 6.10 Å². The summed E-state index contributed by atoms with van der Waals surface area (Å²) in [5.41, 5.74) is 0. The summed E-state index contributed by atoms with van der Waals surface area (Å²) >= 11 is 0. The summed E-state index contributed by atoms with van der Waals surface area (Å²) in [4.78, 5) is 34.9. The molecule has 0 amide bonds. The van der Waals surface area contributed by atoms with Crippen LogP contribution in [0.2, 0.25) is 0 Å². The molecule has 0 saturated carbocycles. The van der Waals surface area contributed by atoms with Gasteiger partial charge in [-0.1, -0.05) is 152 Å². The van der Waals surface area contributed by atoms with Crippen LogP contribution in [-0.2, 0) is 32.7 Å². The van der Waals surface area contributed by atoms with Crippen LogP contribution in [0.4, 0.5) is 0 Å². The number of aliphatic hydroxyl groups excluding tert-OH is 2. The zero-order valence-corrected chi connectivity index (χ0v) is 34.6. The summed E-state index contributed by atoms with van der Waals surface area (Å²) in [5, 5.41) is 18.3. The lowest BCUT2D eigenvalue weighted by Crippen LogP contribution is -2.29. The van der Waals surface area contributed by atoms with Gasteiger partial charge in [-0.05, 0) is 57.8 Å². The number of phosphoric acid groups is 1. The first kappa shape index (κ1) is 51.7. The molecule has 0 aliphatic rings. The van der Waals surface area contributed by atoms with E-state index in [9.17, 15) is 24.2 Å². The first-order valence-electron chi connectivity index (χ1n) is 20.8. The summed E-state index contributed by atoms with van der Waals surface area (Å²) < 4.78 is 32.6. The van der Waals surface area contributed by atoms with Crippen molar-refractivity contribution < 1.29 is 47.8 Å². The van der Waals surface area contributed by atoms with Gasteiger partial charge in [-0.2, -0.15) is 0 Å². The SMILES string of the molecule is CC/C=C/C=C/C=C/C=C/CCCCCC(=O)OC(COC(=O)CCCCCCC/C=C/CCCCCCCCCCC)COP(=O)(O)OC[C@H](O)CO. The first-order valence-corrected chi connectivity index (χ1v) is 22.3. The zero-order chi connectivity index (χ0) is 39.8. The van der Waals surface area contributed by atoms with Crippen LogP contribution in [0, 0.1) is 0 Å². The van der Waals surface area contributed by atoms with Gasteiger partial charge in [0, 0.05) is 12.8 Å². The van der Waals surface area contributed by atoms with Crippen LogP contribution in [0.1, 0.15) is 162 Å². The van der Waals surface area contributed by atoms with E-state index in [1.54, 1.807) is 0 Å². The van der Waals surface area contributed by atoms with Gasteiger partial charge < -0.3 is 24.6 Å². The molecule has 2 unspecified atom stereocenters. The Kier molecular flexibility index (Phi) is 37.2. The number of ether oxygens (including phenoxy) is 2. The molecule has 11 heteroatoms. The molecule has 0 saturated heterocycles. The van der Waals surface area contributed by atoms with Gasteiger partial charge in [-0.15, -0.1) is 0 Å². The number of allylic oxidation sites excluding steroid dienone is 10. The molecule has 0 radical (unpaired) electrons. The Bertz CT molecular complexity index is 1080. The Morgan fingerprint density at radius 3 is 1.61 bits per heavy atom. The standard InChI is InChI=1S/C43H75O10P/c1-3-5-7-9-11-13-15-17-18-19-20-21-23-24-26-28-30-32-34-42(46)50-38-41(39-52-54(48,49)51-37-40(45)36-44)53-43(47)35-33-31-29-27-25-22-16-14-12-10-8-6-4-2/h6,8,10,12,14,16,20-22,25,40-41,44-45H,3-5,7,9,11,13,15,17-19,23-24,26-39H2,1-2H3,(H,48,49)/b8-6+,12-10+,16-14+,21-20+,25-22+/t40-,41?/m1/s1. The van der Waals surface area contributed by atoms with Gasteiger partial charge in [-0.25, -0.2) is 4.57 Å². The summed E-state index contributed by atoms with van der Waals surface area (Å²) in [6, 6.07) is 0. The van der Waals surface area contributed by atoms with Crippen molar-refractivity contribution in [1.29, 1.82) is 0 Å². The highest BCUT2D eigenvalue weighted by atomic mass is 31.2. The molecule has 0 aromatic heterocycles. The molecule has 0 spiro atoms. The number of aliphatic hydroxyl groups is 2. The molecule has 10 nitrogen and oxygen atoms in total. The highest BCUT2D eigenvalue weighted by molar-refractivity contribution is 7.47. The predicted molar refractivity (Wildman–Crippen MR) is 219 cm³/mol. The average molecular weight is 783 g/mol. The monoisotopic (exact) mass is 783 g/mol. The highest BCUT2D eigenvalue weighted by Crippen LogP contribution is 2.43. The van der Waals surface area contributed by atoms with Gasteiger partial charge in [0.1, 0.15) is 12.7 Å². The molecule has 0 aliphatic heterocycles. The predicted octanol–water partition coefficient (Wildman–Crippen LogP) is 10.7. The number of esters is 2. The smallest absolute Gasteiger partial charge is 0.462 e. The Morgan fingerprint density at radius 2 is 1.04 bits per heavy atom. The molecule has 54 heavy (non-hydrogen) atoms. The fourth-order valence-electron chi connectivity index (χ4n) is 5.29. The van der Waals surface area contributed by atoms with Crippen molar-refractivity contribution in [3.8, 4) is 0 Å². The quantitative estimate of drug-likeness (QED) is 0.0182. The molecule has 3 N–H and O–H groups in total. The first-order chi connectivity index (χ1) is 26.2. The molecule has 0 aromatic rings. The molecule has 0 aliphatic carbocycles. The summed E-state index contributed by atoms with van der Waals surface area (Å²) in [5.74, 6) is -0.984. The molecule has 3 atom stereocenters. The van der Waals surface area contributed by atoms with Crippen molar-refractivity contribution in [2.45, 2.75) is 174 Å². The van der Waals surface area contributed by atoms with E-state index in [2.05, 4.69) is 42.7 Å². The number of hydrogen-bond acceptors (Lipinski definition) is 9. The maximum Gasteiger partial charge on any atom is 0.472 e. The van der Waals surface area contributed by atoms with Crippen LogP contribution in [-0.4, -0.2) is 65.7 Å². The van der Waals surface area contributed by atoms with Crippen molar-refractivity contribution in [1.82, 2.24) is 0 Å². The third-order valence-electron chi connectivity index (χ3n) is 8.50. The Labute approximate surface area is 327 Å². The lowest BCUT2D eigenvalue weighted by molar-refractivity contribution is -0.161. The maximum atomic E-state index is 12.6. The number of carbonyl (C=O) groups excluding carboxylic acids is 2. The summed E-state index contributed by atoms with van der Waals surface area (Å²) in [6.45, 7) is 2.17. The number of unbranched alkanes of at least 4 members (excludes halogenated alkanes) is 17. The van der Waals surface area contributed by atoms with Crippen LogP contribution < -0.4 is 0 Å². The molecule has 0 fully saturated rings. The van der Waals surface area contributed by atoms with Crippen molar-refractivity contribution in [2.24, 2.45) is 0 Å². The highest BCUT2D eigenvalue weighted by Gasteiger charge is 2.27. The lowest BCUT2D eigenvalue weighted by Gasteiger charge is -2.20. The molecule has 0 bridgehead atoms. The van der Waals surface area contributed by atoms with E-state index in [4.69, 9.17) is 19.1 Å². The minimum atomic E-state index is -4.63. The normalized spacial score (nSPS) is 14.5. The minimum Gasteiger partial charge on any atom is -0.462 e. The number of phosphoric ester groups is 1. The van der Waals surface area contributed by atoms with Crippen LogP contribution in [0.25, 0.3) is 0 Å². The van der Waals surface area contributed by atoms with Crippen molar-refractivity contribution >= 4 is 19.8 Å². The van der Waals surface area contributed by atoms with Crippen LogP contribution in [0.3, 0.4) is 0 Å². The molecule has 312 valence electrons. The van der Waals surface area contributed by atoms with Gasteiger partial charge in [0.05, 0.1) is 19.8 Å². The second-order valence-corrected chi connectivity index (χ2v) is 15.2. The van der Waals surface area contributed by atoms with E-state index in [1.165, 1.54) is 64.2 Å². The van der Waals surface area contributed by atoms with Crippen molar-refractivity contribution in [3.63, 3.8) is 0 Å². The van der Waals surface area contributed by atoms with Gasteiger partial charge in [0.25, 0.3) is 0 Å². The summed E-state index contributed by atoms with van der Waals surface area (Å²) in [7, 11) is -4.63. The topological polar surface area (TPSA) is 149 Å². The average Bonchev–Trinajstić information content (AvgIpc) is 3.16. The number of hydrogen-bond donors (Lipinski definition) is 3. The van der Waals surface area contributed by atoms with Gasteiger partial charge >= 0.3 is 19.8 Å². The van der Waals surface area contributed by atoms with Crippen molar-refractivity contribution in [3.05, 3.63) is 60.8 Å². The summed E-state index contributed by atoms with van der Waals surface area (Å²) in [6.07, 6.45) is 42.0. The molecule has 0 heterocycles. The van der Waals surface area contributed by atoms with E-state index < -0.39 is 51.8 Å². The lowest BCUT2D eigenvalue weighted by atomic mass is 10.1. The molecular weight excluding hydrogens is 707 g/mol. The van der Waals surface area contributed by atoms with Crippen LogP contribution in [0.5, 0.6) is 0 Å². The van der Waals surface area contributed by atoms with Crippen LogP contribution in [0.15, 0.2) is 60.8 Å². The van der Waals surface area contributed by atoms with Gasteiger partial charge in [0.2, 0.25) is 0 Å². The van der Waals surface area contributed by atoms with Gasteiger partial charge in [-0.3, -0.25) is 18.6 Å². The van der Waals surface area contributed by atoms with E-state index in [0.717, 1.165) is 57.8 Å². The minimum absolute atomic E-state index is 0.134. The Hall–Kier alpha value is -2.33. The van der Waals surface area contributed by atoms with E-state index >= 15 is 0 Å². The third kappa shape index (κ3) is 38.0. The second-order valence-electron chi connectivity index (χ2n) is 13.7. The number of rotatable bonds is 38. The molecule has 0 aromatic carbocycles. The van der Waals surface area contributed by atoms with Crippen LogP contribution >= 0.6 is 7.82 Å². The van der Waals surface area contributed by atoms with Crippen molar-refractivity contribution in [2.75, 3.05) is 26.4 Å². The Morgan fingerprint density at radius 1 is 0.574 bits per heavy atom. The largest absolute Gasteiger partial charge is 0.472 e. The fourth-order valence-corrected chi connectivity index (χ4v) is 6.08. The Balaban J connectivity index is 4.36. The number of carbonyl (C=O) groups is 2. The molecule has 0 rings (SSSR count). The van der Waals surface area contributed by atoms with E-state index in [1.807, 2.05) is 36.5 Å². The second kappa shape index (κ2) is 38.9.